The van der Waals surface area contributed by atoms with E-state index in [4.69, 9.17) is 0 Å². The van der Waals surface area contributed by atoms with Crippen LogP contribution in [0.2, 0.25) is 0 Å². The van der Waals surface area contributed by atoms with E-state index in [2.05, 4.69) is 0 Å². The molecule has 0 fully saturated rings. The third-order valence-corrected chi connectivity index (χ3v) is 7.95. The Bertz CT molecular complexity index is 967. The number of benzene rings is 1. The smallest absolute Gasteiger partial charge is 0.218 e. The lowest BCUT2D eigenvalue weighted by Gasteiger charge is -2.19. The van der Waals surface area contributed by atoms with Gasteiger partial charge in [-0.1, -0.05) is 18.2 Å². The van der Waals surface area contributed by atoms with Crippen LogP contribution < -0.4 is 4.68 Å². The zero-order valence-electron chi connectivity index (χ0n) is 13.0. The van der Waals surface area contributed by atoms with Crippen molar-refractivity contribution in [2.24, 2.45) is 0 Å². The van der Waals surface area contributed by atoms with Crippen molar-refractivity contribution in [3.8, 4) is 5.69 Å². The molecule has 2 aromatic rings. The molecule has 0 bridgehead atoms. The molecular weight excluding hydrogens is 426 g/mol. The van der Waals surface area contributed by atoms with Gasteiger partial charge < -0.3 is 0 Å². The minimum Gasteiger partial charge on any atom is -0.218 e. The molecule has 0 amide bonds. The molecule has 2 rings (SSSR count). The minimum absolute atomic E-state index is 0.259. The van der Waals surface area contributed by atoms with E-state index in [-0.39, 0.29) is 5.69 Å². The quantitative estimate of drug-likeness (QED) is 0.530. The predicted octanol–water partition coefficient (Wildman–Crippen LogP) is 1.96. The number of halogens is 6. The van der Waals surface area contributed by atoms with E-state index in [1.165, 1.54) is 36.5 Å². The van der Waals surface area contributed by atoms with Gasteiger partial charge in [-0.3, -0.25) is 0 Å². The summed E-state index contributed by atoms with van der Waals surface area (Å²) in [6.45, 7) is -1.62. The third kappa shape index (κ3) is 3.95. The molecule has 0 atom stereocenters. The lowest BCUT2D eigenvalue weighted by molar-refractivity contribution is -0.764. The number of aromatic nitrogens is 2. The van der Waals surface area contributed by atoms with E-state index in [0.717, 1.165) is 10.9 Å². The first-order valence-corrected chi connectivity index (χ1v) is 10.0. The van der Waals surface area contributed by atoms with E-state index in [9.17, 15) is 43.2 Å². The Kier molecular flexibility index (Phi) is 5.35. The summed E-state index contributed by atoms with van der Waals surface area (Å²) < 4.78 is 121. The first-order chi connectivity index (χ1) is 12.2. The van der Waals surface area contributed by atoms with Crippen LogP contribution in [-0.4, -0.2) is 37.1 Å². The van der Waals surface area contributed by atoms with E-state index < -0.39 is 41.8 Å². The van der Waals surface area contributed by atoms with Gasteiger partial charge in [-0.25, -0.2) is 16.8 Å². The average Bonchev–Trinajstić information content (AvgIpc) is 2.99. The Hall–Kier alpha value is -2.09. The summed E-state index contributed by atoms with van der Waals surface area (Å²) in [5, 5.41) is 0. The largest absolute Gasteiger partial charge is 0.498 e. The third-order valence-electron chi connectivity index (χ3n) is 3.46. The summed E-state index contributed by atoms with van der Waals surface area (Å²) in [7, 11) is -13.4. The Morgan fingerprint density at radius 1 is 0.852 bits per heavy atom. The van der Waals surface area contributed by atoms with Crippen LogP contribution in [-0.2, 0) is 26.2 Å². The van der Waals surface area contributed by atoms with Gasteiger partial charge >= 0.3 is 11.0 Å². The minimum atomic E-state index is -6.70. The second-order valence-corrected chi connectivity index (χ2v) is 9.75. The monoisotopic (exact) mass is 437 g/mol. The number of hydrogen-bond donors (Lipinski definition) is 0. The van der Waals surface area contributed by atoms with Crippen molar-refractivity contribution in [1.29, 1.82) is 0 Å². The Morgan fingerprint density at radius 3 is 1.78 bits per heavy atom. The van der Waals surface area contributed by atoms with Gasteiger partial charge in [0.15, 0.2) is 6.20 Å². The molecule has 1 aromatic heterocycles. The molecule has 0 unspecified atom stereocenters. The van der Waals surface area contributed by atoms with Gasteiger partial charge in [0, 0.05) is 6.07 Å². The van der Waals surface area contributed by atoms with Crippen LogP contribution >= 0.6 is 0 Å². The first kappa shape index (κ1) is 21.2. The molecule has 1 heterocycles. The Balaban J connectivity index is 2.61. The van der Waals surface area contributed by atoms with Gasteiger partial charge in [0.2, 0.25) is 11.1 Å². The second-order valence-electron chi connectivity index (χ2n) is 5.20. The van der Waals surface area contributed by atoms with Crippen molar-refractivity contribution in [2.75, 3.05) is 0 Å². The molecule has 0 saturated carbocycles. The highest BCUT2D eigenvalue weighted by Gasteiger charge is 2.64. The highest BCUT2D eigenvalue weighted by molar-refractivity contribution is 8.09. The van der Waals surface area contributed by atoms with Crippen molar-refractivity contribution in [3.05, 3.63) is 48.8 Å². The zero-order chi connectivity index (χ0) is 20.7. The molecule has 0 saturated heterocycles. The standard InChI is InChI=1S/C13H11F6N2O4S2/c14-12(15,16)26(22,23)11(27(24,25)13(17,18)19)9-20-7-4-8-21(20)10-5-2-1-3-6-10/h1-8,11H,9H2/q+1. The summed E-state index contributed by atoms with van der Waals surface area (Å²) in [5.41, 5.74) is -12.1. The van der Waals surface area contributed by atoms with E-state index in [1.807, 2.05) is 0 Å². The molecule has 0 aliphatic rings. The predicted molar refractivity (Wildman–Crippen MR) is 79.7 cm³/mol. The molecular formula is C13H11F6N2O4S2+. The number of rotatable bonds is 5. The van der Waals surface area contributed by atoms with Crippen LogP contribution in [0.5, 0.6) is 0 Å². The van der Waals surface area contributed by atoms with Crippen LogP contribution in [0.3, 0.4) is 0 Å². The summed E-state index contributed by atoms with van der Waals surface area (Å²) in [6.07, 6.45) is 2.17. The first-order valence-electron chi connectivity index (χ1n) is 6.92. The topological polar surface area (TPSA) is 77.1 Å². The van der Waals surface area contributed by atoms with Crippen LogP contribution in [0.1, 0.15) is 0 Å². The number of nitrogens with zero attached hydrogens (tertiary/aromatic N) is 2. The highest BCUT2D eigenvalue weighted by atomic mass is 32.3. The van der Waals surface area contributed by atoms with Gasteiger partial charge in [-0.2, -0.15) is 26.3 Å². The molecule has 0 radical (unpaired) electrons. The van der Waals surface area contributed by atoms with Crippen LogP contribution in [0, 0.1) is 0 Å². The average molecular weight is 437 g/mol. The second kappa shape index (κ2) is 6.82. The van der Waals surface area contributed by atoms with Gasteiger partial charge in [0.1, 0.15) is 5.69 Å². The number of hydrogen-bond acceptors (Lipinski definition) is 4. The van der Waals surface area contributed by atoms with Crippen molar-refractivity contribution < 1.29 is 47.9 Å². The lowest BCUT2D eigenvalue weighted by atomic mass is 10.3. The number of sulfone groups is 2. The van der Waals surface area contributed by atoms with Gasteiger partial charge in [-0.05, 0) is 12.1 Å². The van der Waals surface area contributed by atoms with E-state index >= 15 is 0 Å². The van der Waals surface area contributed by atoms with Crippen molar-refractivity contribution in [2.45, 2.75) is 22.1 Å². The maximum absolute atomic E-state index is 12.8. The number of para-hydroxylation sites is 1. The summed E-state index contributed by atoms with van der Waals surface area (Å²) in [5.74, 6) is 0. The number of alkyl halides is 6. The molecule has 1 aromatic carbocycles. The van der Waals surface area contributed by atoms with Gasteiger partial charge in [0.25, 0.3) is 19.7 Å². The zero-order valence-corrected chi connectivity index (χ0v) is 14.6. The molecule has 27 heavy (non-hydrogen) atoms. The highest BCUT2D eigenvalue weighted by Crippen LogP contribution is 2.36. The molecule has 0 N–H and O–H groups in total. The normalized spacial score (nSPS) is 13.9. The van der Waals surface area contributed by atoms with Crippen LogP contribution in [0.15, 0.2) is 48.8 Å². The summed E-state index contributed by atoms with van der Waals surface area (Å²) in [4.78, 5) is 0. The maximum atomic E-state index is 12.8. The molecule has 150 valence electrons. The Morgan fingerprint density at radius 2 is 1.33 bits per heavy atom. The summed E-state index contributed by atoms with van der Waals surface area (Å²) >= 11 is 0. The summed E-state index contributed by atoms with van der Waals surface area (Å²) in [6, 6.07) is 8.67. The van der Waals surface area contributed by atoms with Crippen molar-refractivity contribution >= 4 is 19.7 Å². The van der Waals surface area contributed by atoms with Gasteiger partial charge in [0.05, 0.1) is 6.20 Å². The fourth-order valence-corrected chi connectivity index (χ4v) is 5.44. The fraction of sp³-hybridized carbons (Fsp3) is 0.308. The van der Waals surface area contributed by atoms with Crippen molar-refractivity contribution in [3.63, 3.8) is 0 Å². The van der Waals surface area contributed by atoms with Gasteiger partial charge in [-0.15, -0.1) is 9.36 Å². The Labute approximate surface area is 149 Å². The van der Waals surface area contributed by atoms with Crippen LogP contribution in [0.4, 0.5) is 26.3 Å². The van der Waals surface area contributed by atoms with Crippen LogP contribution in [0.25, 0.3) is 5.69 Å². The van der Waals surface area contributed by atoms with E-state index in [1.54, 1.807) is 6.07 Å². The lowest BCUT2D eigenvalue weighted by Crippen LogP contribution is -2.55. The van der Waals surface area contributed by atoms with Crippen molar-refractivity contribution in [1.82, 2.24) is 4.68 Å². The fourth-order valence-electron chi connectivity index (χ4n) is 2.15. The molecule has 6 nitrogen and oxygen atoms in total. The maximum Gasteiger partial charge on any atom is 0.498 e. The van der Waals surface area contributed by atoms with E-state index in [0.29, 0.717) is 4.68 Å². The molecule has 0 aliphatic carbocycles. The molecule has 14 heteroatoms. The SMILES string of the molecule is O=S(=O)(C(C[n+]1cccn1-c1ccccc1)S(=O)(=O)C(F)(F)F)C(F)(F)F. The molecule has 0 spiro atoms. The molecule has 0 aliphatic heterocycles.